The Morgan fingerprint density at radius 2 is 2.15 bits per heavy atom. The van der Waals surface area contributed by atoms with Gasteiger partial charge in [-0.1, -0.05) is 0 Å². The largest absolute Gasteiger partial charge is 0.486 e. The summed E-state index contributed by atoms with van der Waals surface area (Å²) in [6.45, 7) is 1.10. The van der Waals surface area contributed by atoms with Gasteiger partial charge in [-0.25, -0.2) is 4.98 Å². The highest BCUT2D eigenvalue weighted by Gasteiger charge is 2.12. The summed E-state index contributed by atoms with van der Waals surface area (Å²) in [5, 5.41) is 14.2. The number of carboxylic acids is 1. The molecule has 0 saturated carbocycles. The SMILES string of the molecule is O=C(O)Cc1csc(Nc2ccc3c(c2)OCCO3)n1. The molecule has 1 aromatic carbocycles. The number of ether oxygens (including phenoxy) is 2. The van der Waals surface area contributed by atoms with Crippen molar-refractivity contribution in [2.45, 2.75) is 6.42 Å². The molecule has 0 fully saturated rings. The molecule has 1 aliphatic rings. The first-order chi connectivity index (χ1) is 9.70. The zero-order chi connectivity index (χ0) is 13.9. The highest BCUT2D eigenvalue weighted by atomic mass is 32.1. The number of aliphatic carboxylic acids is 1. The Morgan fingerprint density at radius 1 is 1.35 bits per heavy atom. The molecule has 2 heterocycles. The van der Waals surface area contributed by atoms with Gasteiger partial charge < -0.3 is 19.9 Å². The molecule has 104 valence electrons. The summed E-state index contributed by atoms with van der Waals surface area (Å²) in [7, 11) is 0. The van der Waals surface area contributed by atoms with Crippen molar-refractivity contribution in [2.75, 3.05) is 18.5 Å². The number of thiazole rings is 1. The van der Waals surface area contributed by atoms with Crippen LogP contribution in [0.4, 0.5) is 10.8 Å². The summed E-state index contributed by atoms with van der Waals surface area (Å²) in [6, 6.07) is 5.54. The molecule has 20 heavy (non-hydrogen) atoms. The molecular formula is C13H12N2O4S. The second kappa shape index (κ2) is 5.38. The topological polar surface area (TPSA) is 80.7 Å². The lowest BCUT2D eigenvalue weighted by Crippen LogP contribution is -2.15. The van der Waals surface area contributed by atoms with E-state index in [1.165, 1.54) is 11.3 Å². The number of fused-ring (bicyclic) bond motifs is 1. The van der Waals surface area contributed by atoms with Crippen LogP contribution in [-0.4, -0.2) is 29.3 Å². The first kappa shape index (κ1) is 12.7. The molecule has 2 N–H and O–H groups in total. The van der Waals surface area contributed by atoms with Crippen LogP contribution < -0.4 is 14.8 Å². The Kier molecular flexibility index (Phi) is 3.42. The molecule has 1 aromatic heterocycles. The van der Waals surface area contributed by atoms with Crippen LogP contribution in [0.3, 0.4) is 0 Å². The average molecular weight is 292 g/mol. The third-order valence-electron chi connectivity index (χ3n) is 2.68. The van der Waals surface area contributed by atoms with Crippen LogP contribution in [0.1, 0.15) is 5.69 Å². The first-order valence-electron chi connectivity index (χ1n) is 6.03. The van der Waals surface area contributed by atoms with Crippen molar-refractivity contribution in [1.29, 1.82) is 0 Å². The lowest BCUT2D eigenvalue weighted by atomic mass is 10.2. The number of carbonyl (C=O) groups is 1. The van der Waals surface area contributed by atoms with Crippen LogP contribution in [-0.2, 0) is 11.2 Å². The zero-order valence-electron chi connectivity index (χ0n) is 10.5. The molecule has 7 heteroatoms. The third-order valence-corrected chi connectivity index (χ3v) is 3.48. The van der Waals surface area contributed by atoms with Crippen LogP contribution in [0.15, 0.2) is 23.6 Å². The normalized spacial score (nSPS) is 13.0. The van der Waals surface area contributed by atoms with Gasteiger partial charge in [-0.2, -0.15) is 0 Å². The lowest BCUT2D eigenvalue weighted by molar-refractivity contribution is -0.136. The quantitative estimate of drug-likeness (QED) is 0.900. The van der Waals surface area contributed by atoms with Crippen molar-refractivity contribution in [3.8, 4) is 11.5 Å². The number of carboxylic acid groups (broad SMARTS) is 1. The highest BCUT2D eigenvalue weighted by molar-refractivity contribution is 7.13. The van der Waals surface area contributed by atoms with Crippen LogP contribution >= 0.6 is 11.3 Å². The summed E-state index contributed by atoms with van der Waals surface area (Å²) >= 11 is 1.37. The van der Waals surface area contributed by atoms with Crippen LogP contribution in [0.2, 0.25) is 0 Å². The van der Waals surface area contributed by atoms with Gasteiger partial charge in [-0.3, -0.25) is 4.79 Å². The van der Waals surface area contributed by atoms with E-state index in [9.17, 15) is 4.79 Å². The Hall–Kier alpha value is -2.28. The fourth-order valence-electron chi connectivity index (χ4n) is 1.85. The molecule has 0 spiro atoms. The standard InChI is InChI=1S/C13H12N2O4S/c16-12(17)6-9-7-20-13(15-9)14-8-1-2-10-11(5-8)19-4-3-18-10/h1-2,5,7H,3-4,6H2,(H,14,15)(H,16,17). The van der Waals surface area contributed by atoms with E-state index in [0.717, 1.165) is 11.4 Å². The molecule has 3 rings (SSSR count). The number of aromatic nitrogens is 1. The fraction of sp³-hybridized carbons (Fsp3) is 0.231. The van der Waals surface area contributed by atoms with Gasteiger partial charge in [0, 0.05) is 17.1 Å². The van der Waals surface area contributed by atoms with Gasteiger partial charge in [0.15, 0.2) is 16.6 Å². The maximum atomic E-state index is 10.6. The minimum Gasteiger partial charge on any atom is -0.486 e. The fourth-order valence-corrected chi connectivity index (χ4v) is 2.58. The van der Waals surface area contributed by atoms with Crippen molar-refractivity contribution in [2.24, 2.45) is 0 Å². The van der Waals surface area contributed by atoms with Gasteiger partial charge in [0.2, 0.25) is 0 Å². The Labute approximate surface area is 119 Å². The van der Waals surface area contributed by atoms with Gasteiger partial charge in [0.05, 0.1) is 12.1 Å². The van der Waals surface area contributed by atoms with E-state index in [2.05, 4.69) is 10.3 Å². The van der Waals surface area contributed by atoms with Gasteiger partial charge in [0.1, 0.15) is 13.2 Å². The predicted octanol–water partition coefficient (Wildman–Crippen LogP) is 2.29. The molecule has 0 amide bonds. The van der Waals surface area contributed by atoms with Gasteiger partial charge >= 0.3 is 5.97 Å². The van der Waals surface area contributed by atoms with Crippen molar-refractivity contribution >= 4 is 28.1 Å². The summed E-state index contributed by atoms with van der Waals surface area (Å²) < 4.78 is 10.9. The van der Waals surface area contributed by atoms with E-state index in [-0.39, 0.29) is 6.42 Å². The molecule has 1 aliphatic heterocycles. The number of benzene rings is 1. The van der Waals surface area contributed by atoms with E-state index in [1.54, 1.807) is 5.38 Å². The summed E-state index contributed by atoms with van der Waals surface area (Å²) in [5.74, 6) is 0.539. The number of hydrogen-bond donors (Lipinski definition) is 2. The number of hydrogen-bond acceptors (Lipinski definition) is 6. The van der Waals surface area contributed by atoms with Crippen molar-refractivity contribution in [3.63, 3.8) is 0 Å². The van der Waals surface area contributed by atoms with E-state index in [1.807, 2.05) is 18.2 Å². The van der Waals surface area contributed by atoms with Crippen molar-refractivity contribution < 1.29 is 19.4 Å². The van der Waals surface area contributed by atoms with Crippen LogP contribution in [0.25, 0.3) is 0 Å². The van der Waals surface area contributed by atoms with Gasteiger partial charge in [0.25, 0.3) is 0 Å². The second-order valence-corrected chi connectivity index (χ2v) is 5.06. The van der Waals surface area contributed by atoms with E-state index < -0.39 is 5.97 Å². The highest BCUT2D eigenvalue weighted by Crippen LogP contribution is 2.34. The summed E-state index contributed by atoms with van der Waals surface area (Å²) in [6.07, 6.45) is -0.0701. The maximum Gasteiger partial charge on any atom is 0.309 e. The number of nitrogens with one attached hydrogen (secondary N) is 1. The van der Waals surface area contributed by atoms with Crippen molar-refractivity contribution in [1.82, 2.24) is 4.98 Å². The number of nitrogens with zero attached hydrogens (tertiary/aromatic N) is 1. The molecule has 0 unspecified atom stereocenters. The number of anilines is 2. The van der Waals surface area contributed by atoms with Gasteiger partial charge in [-0.15, -0.1) is 11.3 Å². The third kappa shape index (κ3) is 2.83. The van der Waals surface area contributed by atoms with E-state index >= 15 is 0 Å². The average Bonchev–Trinajstić information content (AvgIpc) is 2.85. The summed E-state index contributed by atoms with van der Waals surface area (Å²) in [4.78, 5) is 14.8. The Balaban J connectivity index is 1.74. The molecule has 2 aromatic rings. The zero-order valence-corrected chi connectivity index (χ0v) is 11.3. The van der Waals surface area contributed by atoms with E-state index in [0.29, 0.717) is 29.8 Å². The molecule has 0 atom stereocenters. The Morgan fingerprint density at radius 3 is 2.95 bits per heavy atom. The van der Waals surface area contributed by atoms with E-state index in [4.69, 9.17) is 14.6 Å². The monoisotopic (exact) mass is 292 g/mol. The minimum atomic E-state index is -0.888. The lowest BCUT2D eigenvalue weighted by Gasteiger charge is -2.18. The maximum absolute atomic E-state index is 10.6. The molecule has 6 nitrogen and oxygen atoms in total. The molecule has 0 bridgehead atoms. The molecule has 0 saturated heterocycles. The second-order valence-electron chi connectivity index (χ2n) is 4.20. The smallest absolute Gasteiger partial charge is 0.309 e. The molecule has 0 radical (unpaired) electrons. The van der Waals surface area contributed by atoms with Crippen LogP contribution in [0.5, 0.6) is 11.5 Å². The minimum absolute atomic E-state index is 0.0701. The van der Waals surface area contributed by atoms with Gasteiger partial charge in [-0.05, 0) is 12.1 Å². The Bertz CT molecular complexity index is 641. The number of rotatable bonds is 4. The predicted molar refractivity (Wildman–Crippen MR) is 74.2 cm³/mol. The first-order valence-corrected chi connectivity index (χ1v) is 6.91. The van der Waals surface area contributed by atoms with Crippen molar-refractivity contribution in [3.05, 3.63) is 29.3 Å². The summed E-state index contributed by atoms with van der Waals surface area (Å²) in [5.41, 5.74) is 1.37. The molecular weight excluding hydrogens is 280 g/mol. The molecule has 0 aliphatic carbocycles. The van der Waals surface area contributed by atoms with Crippen LogP contribution in [0, 0.1) is 0 Å².